The number of anilines is 1. The number of carboxylic acids is 1. The van der Waals surface area contributed by atoms with Gasteiger partial charge in [0.2, 0.25) is 0 Å². The van der Waals surface area contributed by atoms with Crippen LogP contribution in [0.1, 0.15) is 10.4 Å². The number of rotatable bonds is 5. The van der Waals surface area contributed by atoms with E-state index < -0.39 is 29.1 Å². The molecule has 0 saturated carbocycles. The minimum atomic E-state index is -4.39. The summed E-state index contributed by atoms with van der Waals surface area (Å²) in [7, 11) is 0. The predicted octanol–water partition coefficient (Wildman–Crippen LogP) is 2.90. The molecule has 3 N–H and O–H groups in total. The molecule has 0 bridgehead atoms. The third-order valence-corrected chi connectivity index (χ3v) is 2.85. The van der Waals surface area contributed by atoms with Crippen LogP contribution in [-0.4, -0.2) is 34.9 Å². The average Bonchev–Trinajstić information content (AvgIpc) is 2.36. The van der Waals surface area contributed by atoms with Gasteiger partial charge in [0, 0.05) is 12.3 Å². The molecule has 116 valence electrons. The summed E-state index contributed by atoms with van der Waals surface area (Å²) in [5.74, 6) is -2.56. The Balaban J connectivity index is 2.51. The Morgan fingerprint density at radius 3 is 2.52 bits per heavy atom. The predicted molar refractivity (Wildman–Crippen MR) is 68.9 cm³/mol. The van der Waals surface area contributed by atoms with Crippen molar-refractivity contribution in [2.24, 2.45) is 0 Å². The number of benzene rings is 1. The van der Waals surface area contributed by atoms with Crippen molar-refractivity contribution in [2.45, 2.75) is 5.51 Å². The Morgan fingerprint density at radius 1 is 1.29 bits per heavy atom. The summed E-state index contributed by atoms with van der Waals surface area (Å²) in [6, 6.07) is 1.85. The van der Waals surface area contributed by atoms with E-state index in [9.17, 15) is 27.2 Å². The number of hydrogen-bond donors (Lipinski definition) is 3. The third kappa shape index (κ3) is 6.34. The van der Waals surface area contributed by atoms with Crippen molar-refractivity contribution in [2.75, 3.05) is 17.6 Å². The molecule has 0 atom stereocenters. The van der Waals surface area contributed by atoms with E-state index in [1.54, 1.807) is 0 Å². The second-order valence-corrected chi connectivity index (χ2v) is 4.83. The molecule has 0 radical (unpaired) electrons. The highest BCUT2D eigenvalue weighted by molar-refractivity contribution is 8.00. The van der Waals surface area contributed by atoms with E-state index in [1.807, 2.05) is 5.32 Å². The molecule has 0 fully saturated rings. The van der Waals surface area contributed by atoms with Crippen LogP contribution in [0.4, 0.5) is 28.0 Å². The van der Waals surface area contributed by atoms with Gasteiger partial charge in [-0.1, -0.05) is 0 Å². The average molecular weight is 326 g/mol. The summed E-state index contributed by atoms with van der Waals surface area (Å²) in [5, 5.41) is 12.8. The number of halogens is 4. The summed E-state index contributed by atoms with van der Waals surface area (Å²) >= 11 is -0.303. The van der Waals surface area contributed by atoms with Gasteiger partial charge in [-0.25, -0.2) is 14.0 Å². The second kappa shape index (κ2) is 7.16. The number of amides is 2. The lowest BCUT2D eigenvalue weighted by Gasteiger charge is -2.09. The number of carbonyl (C=O) groups excluding carboxylic acids is 1. The van der Waals surface area contributed by atoms with Crippen molar-refractivity contribution in [1.29, 1.82) is 0 Å². The lowest BCUT2D eigenvalue weighted by Crippen LogP contribution is -2.31. The minimum absolute atomic E-state index is 0.237. The SMILES string of the molecule is O=C(NCCSC(F)(F)F)Nc1cc(C(=O)O)ccc1F. The quantitative estimate of drug-likeness (QED) is 0.574. The topological polar surface area (TPSA) is 78.4 Å². The van der Waals surface area contributed by atoms with Gasteiger partial charge in [-0.15, -0.1) is 0 Å². The lowest BCUT2D eigenvalue weighted by atomic mass is 10.2. The normalized spacial score (nSPS) is 11.0. The smallest absolute Gasteiger partial charge is 0.441 e. The second-order valence-electron chi connectivity index (χ2n) is 3.67. The fourth-order valence-corrected chi connectivity index (χ4v) is 1.69. The number of alkyl halides is 3. The summed E-state index contributed by atoms with van der Waals surface area (Å²) in [6.07, 6.45) is 0. The number of thioether (sulfide) groups is 1. The summed E-state index contributed by atoms with van der Waals surface area (Å²) in [4.78, 5) is 22.0. The van der Waals surface area contributed by atoms with Crippen LogP contribution in [-0.2, 0) is 0 Å². The number of urea groups is 1. The van der Waals surface area contributed by atoms with Crippen molar-refractivity contribution in [1.82, 2.24) is 5.32 Å². The van der Waals surface area contributed by atoms with Gasteiger partial charge < -0.3 is 15.7 Å². The molecule has 10 heteroatoms. The third-order valence-electron chi connectivity index (χ3n) is 2.11. The van der Waals surface area contributed by atoms with Crippen LogP contribution in [0, 0.1) is 5.82 Å². The van der Waals surface area contributed by atoms with Gasteiger partial charge in [0.05, 0.1) is 11.3 Å². The van der Waals surface area contributed by atoms with E-state index in [4.69, 9.17) is 5.11 Å². The minimum Gasteiger partial charge on any atom is -0.478 e. The van der Waals surface area contributed by atoms with Crippen LogP contribution in [0.25, 0.3) is 0 Å². The van der Waals surface area contributed by atoms with Crippen molar-refractivity contribution >= 4 is 29.4 Å². The lowest BCUT2D eigenvalue weighted by molar-refractivity contribution is -0.0327. The van der Waals surface area contributed by atoms with Crippen molar-refractivity contribution in [3.8, 4) is 0 Å². The Bertz CT molecular complexity index is 537. The van der Waals surface area contributed by atoms with E-state index in [-0.39, 0.29) is 29.6 Å². The van der Waals surface area contributed by atoms with Crippen molar-refractivity contribution < 1.29 is 32.3 Å². The van der Waals surface area contributed by atoms with Gasteiger partial charge in [0.25, 0.3) is 0 Å². The molecule has 2 amide bonds. The molecule has 0 aromatic heterocycles. The Kier molecular flexibility index (Phi) is 5.82. The zero-order valence-electron chi connectivity index (χ0n) is 10.3. The molecule has 1 rings (SSSR count). The van der Waals surface area contributed by atoms with Crippen LogP contribution in [0.3, 0.4) is 0 Å². The van der Waals surface area contributed by atoms with Crippen LogP contribution < -0.4 is 10.6 Å². The maximum absolute atomic E-state index is 13.3. The molecule has 21 heavy (non-hydrogen) atoms. The van der Waals surface area contributed by atoms with E-state index in [1.165, 1.54) is 0 Å². The van der Waals surface area contributed by atoms with E-state index >= 15 is 0 Å². The van der Waals surface area contributed by atoms with Gasteiger partial charge in [0.1, 0.15) is 5.82 Å². The van der Waals surface area contributed by atoms with Gasteiger partial charge >= 0.3 is 17.5 Å². The highest BCUT2D eigenvalue weighted by Gasteiger charge is 2.27. The molecule has 5 nitrogen and oxygen atoms in total. The zero-order chi connectivity index (χ0) is 16.0. The van der Waals surface area contributed by atoms with Crippen LogP contribution in [0.2, 0.25) is 0 Å². The van der Waals surface area contributed by atoms with E-state index in [0.717, 1.165) is 18.2 Å². The van der Waals surface area contributed by atoms with Crippen molar-refractivity contribution in [3.05, 3.63) is 29.6 Å². The van der Waals surface area contributed by atoms with E-state index in [2.05, 4.69) is 5.32 Å². The Hall–Kier alpha value is -1.97. The number of carboxylic acid groups (broad SMARTS) is 1. The number of nitrogens with one attached hydrogen (secondary N) is 2. The summed E-state index contributed by atoms with van der Waals surface area (Å²) in [6.45, 7) is -0.281. The monoisotopic (exact) mass is 326 g/mol. The number of aromatic carboxylic acids is 1. The molecule has 0 aliphatic heterocycles. The highest BCUT2D eigenvalue weighted by Crippen LogP contribution is 2.29. The highest BCUT2D eigenvalue weighted by atomic mass is 32.2. The fraction of sp³-hybridized carbons (Fsp3) is 0.273. The van der Waals surface area contributed by atoms with Crippen LogP contribution in [0.5, 0.6) is 0 Å². The van der Waals surface area contributed by atoms with Gasteiger partial charge in [0.15, 0.2) is 0 Å². The number of carbonyl (C=O) groups is 2. The molecular formula is C11H10F4N2O3S. The molecule has 1 aromatic rings. The summed E-state index contributed by atoms with van der Waals surface area (Å²) in [5.41, 5.74) is -5.00. The summed E-state index contributed by atoms with van der Waals surface area (Å²) < 4.78 is 48.8. The molecule has 0 saturated heterocycles. The van der Waals surface area contributed by atoms with Crippen LogP contribution in [0.15, 0.2) is 18.2 Å². The first kappa shape index (κ1) is 17.1. The van der Waals surface area contributed by atoms with Crippen LogP contribution >= 0.6 is 11.8 Å². The Labute approximate surface area is 120 Å². The number of hydrogen-bond acceptors (Lipinski definition) is 3. The Morgan fingerprint density at radius 2 is 1.95 bits per heavy atom. The van der Waals surface area contributed by atoms with Gasteiger partial charge in [-0.05, 0) is 30.0 Å². The first-order chi connectivity index (χ1) is 9.69. The molecule has 0 aliphatic carbocycles. The molecule has 0 unspecified atom stereocenters. The standard InChI is InChI=1S/C11H10F4N2O3S/c12-7-2-1-6(9(18)19)5-8(7)17-10(20)16-3-4-21-11(13,14)15/h1-2,5H,3-4H2,(H,18,19)(H2,16,17,20). The molecular weight excluding hydrogens is 316 g/mol. The molecule has 0 aliphatic rings. The van der Waals surface area contributed by atoms with Gasteiger partial charge in [-0.3, -0.25) is 0 Å². The first-order valence-corrected chi connectivity index (χ1v) is 6.46. The maximum Gasteiger partial charge on any atom is 0.441 e. The fourth-order valence-electron chi connectivity index (χ4n) is 1.25. The molecule has 0 spiro atoms. The molecule has 0 heterocycles. The molecule has 1 aromatic carbocycles. The largest absolute Gasteiger partial charge is 0.478 e. The zero-order valence-corrected chi connectivity index (χ0v) is 11.1. The van der Waals surface area contributed by atoms with Gasteiger partial charge in [-0.2, -0.15) is 13.2 Å². The van der Waals surface area contributed by atoms with Crippen molar-refractivity contribution in [3.63, 3.8) is 0 Å². The first-order valence-electron chi connectivity index (χ1n) is 5.47. The maximum atomic E-state index is 13.3. The van der Waals surface area contributed by atoms with E-state index in [0.29, 0.717) is 0 Å².